The van der Waals surface area contributed by atoms with Crippen LogP contribution in [0.15, 0.2) is 24.3 Å². The SMILES string of the molecule is CCCCc1ccc(NS(=O)(=O)NCCN)cc1. The Hall–Kier alpha value is -1.11. The van der Waals surface area contributed by atoms with E-state index in [1.54, 1.807) is 12.1 Å². The van der Waals surface area contributed by atoms with Gasteiger partial charge in [0.1, 0.15) is 0 Å². The molecule has 6 heteroatoms. The highest BCUT2D eigenvalue weighted by atomic mass is 32.2. The van der Waals surface area contributed by atoms with Gasteiger partial charge in [-0.3, -0.25) is 4.72 Å². The van der Waals surface area contributed by atoms with Gasteiger partial charge in [0.15, 0.2) is 0 Å². The summed E-state index contributed by atoms with van der Waals surface area (Å²) in [5, 5.41) is 0. The Morgan fingerprint density at radius 3 is 2.44 bits per heavy atom. The average Bonchev–Trinajstić information content (AvgIpc) is 2.35. The quantitative estimate of drug-likeness (QED) is 0.665. The highest BCUT2D eigenvalue weighted by molar-refractivity contribution is 7.90. The fourth-order valence-electron chi connectivity index (χ4n) is 1.50. The van der Waals surface area contributed by atoms with E-state index in [0.717, 1.165) is 19.3 Å². The summed E-state index contributed by atoms with van der Waals surface area (Å²) in [6, 6.07) is 7.42. The van der Waals surface area contributed by atoms with Gasteiger partial charge >= 0.3 is 0 Å². The number of nitrogens with two attached hydrogens (primary N) is 1. The first-order valence-corrected chi connectivity index (χ1v) is 7.62. The van der Waals surface area contributed by atoms with Crippen molar-refractivity contribution in [2.75, 3.05) is 17.8 Å². The molecule has 0 aliphatic rings. The van der Waals surface area contributed by atoms with Crippen LogP contribution in [0.3, 0.4) is 0 Å². The van der Waals surface area contributed by atoms with Crippen LogP contribution in [0.4, 0.5) is 5.69 Å². The van der Waals surface area contributed by atoms with E-state index >= 15 is 0 Å². The fraction of sp³-hybridized carbons (Fsp3) is 0.500. The molecule has 0 bridgehead atoms. The third-order valence-electron chi connectivity index (χ3n) is 2.46. The molecule has 4 N–H and O–H groups in total. The number of aryl methyl sites for hydroxylation is 1. The maximum absolute atomic E-state index is 11.5. The normalized spacial score (nSPS) is 11.4. The molecular weight excluding hydrogens is 250 g/mol. The van der Waals surface area contributed by atoms with Crippen LogP contribution in [0, 0.1) is 0 Å². The van der Waals surface area contributed by atoms with Crippen molar-refractivity contribution in [1.29, 1.82) is 0 Å². The first-order valence-electron chi connectivity index (χ1n) is 6.14. The van der Waals surface area contributed by atoms with Crippen LogP contribution >= 0.6 is 0 Å². The minimum Gasteiger partial charge on any atom is -0.329 e. The van der Waals surface area contributed by atoms with Crippen molar-refractivity contribution in [2.24, 2.45) is 5.73 Å². The number of unbranched alkanes of at least 4 members (excludes halogenated alkanes) is 1. The molecule has 0 aromatic heterocycles. The molecule has 0 spiro atoms. The topological polar surface area (TPSA) is 84.2 Å². The molecule has 0 aliphatic carbocycles. The van der Waals surface area contributed by atoms with Crippen molar-refractivity contribution in [1.82, 2.24) is 4.72 Å². The standard InChI is InChI=1S/C12H21N3O2S/c1-2-3-4-11-5-7-12(8-6-11)15-18(16,17)14-10-9-13/h5-8,14-15H,2-4,9-10,13H2,1H3. The second-order valence-corrected chi connectivity index (χ2v) is 5.59. The lowest BCUT2D eigenvalue weighted by Crippen LogP contribution is -2.33. The zero-order valence-corrected chi connectivity index (χ0v) is 11.5. The lowest BCUT2D eigenvalue weighted by Gasteiger charge is -2.09. The van der Waals surface area contributed by atoms with Gasteiger partial charge in [-0.05, 0) is 30.5 Å². The van der Waals surface area contributed by atoms with Gasteiger partial charge in [-0.2, -0.15) is 13.1 Å². The first kappa shape index (κ1) is 14.9. The molecule has 1 aromatic carbocycles. The number of anilines is 1. The maximum Gasteiger partial charge on any atom is 0.299 e. The monoisotopic (exact) mass is 271 g/mol. The molecule has 0 heterocycles. The van der Waals surface area contributed by atoms with Crippen molar-refractivity contribution in [3.8, 4) is 0 Å². The molecule has 0 saturated carbocycles. The number of rotatable bonds is 8. The smallest absolute Gasteiger partial charge is 0.299 e. The molecule has 0 fully saturated rings. The number of hydrogen-bond donors (Lipinski definition) is 3. The fourth-order valence-corrected chi connectivity index (χ4v) is 2.41. The summed E-state index contributed by atoms with van der Waals surface area (Å²) in [5.41, 5.74) is 7.01. The third-order valence-corrected chi connectivity index (χ3v) is 3.55. The molecule has 102 valence electrons. The highest BCUT2D eigenvalue weighted by Gasteiger charge is 2.07. The summed E-state index contributed by atoms with van der Waals surface area (Å²) in [5.74, 6) is 0. The highest BCUT2D eigenvalue weighted by Crippen LogP contribution is 2.12. The number of benzene rings is 1. The van der Waals surface area contributed by atoms with Gasteiger partial charge < -0.3 is 5.73 Å². The van der Waals surface area contributed by atoms with E-state index in [4.69, 9.17) is 5.73 Å². The summed E-state index contributed by atoms with van der Waals surface area (Å²) < 4.78 is 27.9. The van der Waals surface area contributed by atoms with Crippen molar-refractivity contribution in [3.05, 3.63) is 29.8 Å². The summed E-state index contributed by atoms with van der Waals surface area (Å²) in [6.45, 7) is 2.65. The summed E-state index contributed by atoms with van der Waals surface area (Å²) in [7, 11) is -3.51. The van der Waals surface area contributed by atoms with E-state index in [0.29, 0.717) is 5.69 Å². The Bertz CT molecular complexity index is 443. The third kappa shape index (κ3) is 5.48. The van der Waals surface area contributed by atoms with E-state index in [9.17, 15) is 8.42 Å². The predicted octanol–water partition coefficient (Wildman–Crippen LogP) is 1.23. The van der Waals surface area contributed by atoms with E-state index < -0.39 is 10.2 Å². The van der Waals surface area contributed by atoms with Gasteiger partial charge in [0, 0.05) is 18.8 Å². The van der Waals surface area contributed by atoms with Crippen molar-refractivity contribution >= 4 is 15.9 Å². The van der Waals surface area contributed by atoms with Crippen LogP contribution in [0.25, 0.3) is 0 Å². The Morgan fingerprint density at radius 1 is 1.22 bits per heavy atom. The van der Waals surface area contributed by atoms with Gasteiger partial charge in [-0.15, -0.1) is 0 Å². The molecule has 0 amide bonds. The van der Waals surface area contributed by atoms with Gasteiger partial charge in [-0.1, -0.05) is 25.5 Å². The largest absolute Gasteiger partial charge is 0.329 e. The van der Waals surface area contributed by atoms with Crippen LogP contribution in [-0.4, -0.2) is 21.5 Å². The average molecular weight is 271 g/mol. The molecule has 0 unspecified atom stereocenters. The van der Waals surface area contributed by atoms with E-state index in [-0.39, 0.29) is 13.1 Å². The van der Waals surface area contributed by atoms with Crippen LogP contribution < -0.4 is 15.2 Å². The molecule has 5 nitrogen and oxygen atoms in total. The van der Waals surface area contributed by atoms with Crippen LogP contribution in [-0.2, 0) is 16.6 Å². The molecule has 0 aliphatic heterocycles. The lowest BCUT2D eigenvalue weighted by atomic mass is 10.1. The molecular formula is C12H21N3O2S. The van der Waals surface area contributed by atoms with Gasteiger partial charge in [0.2, 0.25) is 0 Å². The first-order chi connectivity index (χ1) is 8.57. The molecule has 0 saturated heterocycles. The molecule has 0 radical (unpaired) electrons. The van der Waals surface area contributed by atoms with Crippen LogP contribution in [0.5, 0.6) is 0 Å². The summed E-state index contributed by atoms with van der Waals surface area (Å²) in [6.07, 6.45) is 3.31. The van der Waals surface area contributed by atoms with Crippen LogP contribution in [0.2, 0.25) is 0 Å². The van der Waals surface area contributed by atoms with Crippen molar-refractivity contribution in [2.45, 2.75) is 26.2 Å². The Labute approximate surface area is 109 Å². The second kappa shape index (κ2) is 7.35. The minimum atomic E-state index is -3.51. The van der Waals surface area contributed by atoms with Crippen LogP contribution in [0.1, 0.15) is 25.3 Å². The zero-order chi connectivity index (χ0) is 13.4. The lowest BCUT2D eigenvalue weighted by molar-refractivity contribution is 0.587. The Morgan fingerprint density at radius 2 is 1.89 bits per heavy atom. The molecule has 1 aromatic rings. The molecule has 0 atom stereocenters. The van der Waals surface area contributed by atoms with E-state index in [1.165, 1.54) is 5.56 Å². The Kier molecular flexibility index (Phi) is 6.11. The molecule has 1 rings (SSSR count). The summed E-state index contributed by atoms with van der Waals surface area (Å²) >= 11 is 0. The molecule has 18 heavy (non-hydrogen) atoms. The summed E-state index contributed by atoms with van der Waals surface area (Å²) in [4.78, 5) is 0. The predicted molar refractivity (Wildman–Crippen MR) is 74.7 cm³/mol. The van der Waals surface area contributed by atoms with Gasteiger partial charge in [-0.25, -0.2) is 0 Å². The van der Waals surface area contributed by atoms with E-state index in [1.807, 2.05) is 12.1 Å². The Balaban J connectivity index is 2.57. The number of hydrogen-bond acceptors (Lipinski definition) is 3. The minimum absolute atomic E-state index is 0.226. The van der Waals surface area contributed by atoms with Gasteiger partial charge in [0.25, 0.3) is 10.2 Å². The second-order valence-electron chi connectivity index (χ2n) is 4.09. The zero-order valence-electron chi connectivity index (χ0n) is 10.6. The van der Waals surface area contributed by atoms with Crippen molar-refractivity contribution in [3.63, 3.8) is 0 Å². The van der Waals surface area contributed by atoms with E-state index in [2.05, 4.69) is 16.4 Å². The van der Waals surface area contributed by atoms with Gasteiger partial charge in [0.05, 0.1) is 0 Å². The number of nitrogens with one attached hydrogen (secondary N) is 2. The maximum atomic E-state index is 11.5. The van der Waals surface area contributed by atoms with Crippen molar-refractivity contribution < 1.29 is 8.42 Å².